The molecule has 0 unspecified atom stereocenters. The summed E-state index contributed by atoms with van der Waals surface area (Å²) in [5, 5.41) is 9.20. The van der Waals surface area contributed by atoms with E-state index in [2.05, 4.69) is 12.1 Å². The molecule has 7 nitrogen and oxygen atoms in total. The minimum absolute atomic E-state index is 0.0429. The second kappa shape index (κ2) is 8.28. The van der Waals surface area contributed by atoms with Crippen molar-refractivity contribution in [2.75, 3.05) is 19.9 Å². The molecule has 156 valence electrons. The monoisotopic (exact) mass is 409 g/mol. The Labute approximate surface area is 174 Å². The third-order valence-corrected chi connectivity index (χ3v) is 5.72. The van der Waals surface area contributed by atoms with E-state index < -0.39 is 29.8 Å². The van der Waals surface area contributed by atoms with Gasteiger partial charge in [-0.25, -0.2) is 4.79 Å². The lowest BCUT2D eigenvalue weighted by molar-refractivity contribution is -0.152. The molecule has 2 aromatic carbocycles. The number of carboxylic acids is 1. The van der Waals surface area contributed by atoms with Gasteiger partial charge in [0.05, 0.1) is 13.0 Å². The normalized spacial score (nSPS) is 18.6. The number of fused-ring (bicyclic) bond motifs is 3. The lowest BCUT2D eigenvalue weighted by Crippen LogP contribution is -2.44. The van der Waals surface area contributed by atoms with E-state index in [1.165, 1.54) is 0 Å². The minimum Gasteiger partial charge on any atom is -0.480 e. The van der Waals surface area contributed by atoms with Gasteiger partial charge in [-0.05, 0) is 22.3 Å². The van der Waals surface area contributed by atoms with Gasteiger partial charge >= 0.3 is 11.9 Å². The predicted molar refractivity (Wildman–Crippen MR) is 108 cm³/mol. The average Bonchev–Trinajstić information content (AvgIpc) is 3.35. The molecule has 1 saturated heterocycles. The molecular formula is C23H23NO6. The molecule has 1 amide bonds. The number of carbonyl (C=O) groups is 3. The first-order chi connectivity index (χ1) is 14.5. The molecule has 1 N–H and O–H groups in total. The van der Waals surface area contributed by atoms with E-state index in [0.29, 0.717) is 0 Å². The van der Waals surface area contributed by atoms with Crippen LogP contribution in [0.4, 0.5) is 0 Å². The number of carboxylic acid groups (broad SMARTS) is 1. The second-order valence-corrected chi connectivity index (χ2v) is 7.68. The largest absolute Gasteiger partial charge is 0.480 e. The van der Waals surface area contributed by atoms with Crippen LogP contribution in [-0.4, -0.2) is 53.8 Å². The van der Waals surface area contributed by atoms with Gasteiger partial charge in [0.1, 0.15) is 13.3 Å². The van der Waals surface area contributed by atoms with Gasteiger partial charge in [0.15, 0.2) is 6.04 Å². The first kappa shape index (κ1) is 20.1. The predicted octanol–water partition coefficient (Wildman–Crippen LogP) is 2.64. The number of ether oxygens (including phenoxy) is 2. The first-order valence-corrected chi connectivity index (χ1v) is 9.92. The van der Waals surface area contributed by atoms with E-state index >= 15 is 0 Å². The quantitative estimate of drug-likeness (QED) is 0.738. The number of hydrogen-bond acceptors (Lipinski definition) is 5. The highest BCUT2D eigenvalue weighted by Crippen LogP contribution is 2.44. The number of amides is 1. The number of rotatable bonds is 6. The maximum Gasteiger partial charge on any atom is 0.328 e. The van der Waals surface area contributed by atoms with Crippen molar-refractivity contribution >= 4 is 17.8 Å². The van der Waals surface area contributed by atoms with Gasteiger partial charge in [0.25, 0.3) is 0 Å². The first-order valence-electron chi connectivity index (χ1n) is 9.92. The number of aliphatic carboxylic acids is 1. The van der Waals surface area contributed by atoms with Gasteiger partial charge in [-0.3, -0.25) is 9.59 Å². The van der Waals surface area contributed by atoms with Gasteiger partial charge in [-0.2, -0.15) is 0 Å². The Morgan fingerprint density at radius 1 is 1.10 bits per heavy atom. The Balaban J connectivity index is 1.38. The molecule has 2 aromatic rings. The van der Waals surface area contributed by atoms with Crippen LogP contribution in [0.25, 0.3) is 11.1 Å². The number of carbonyl (C=O) groups excluding carboxylic acids is 2. The maximum atomic E-state index is 12.6. The zero-order valence-corrected chi connectivity index (χ0v) is 16.6. The molecule has 0 bridgehead atoms. The van der Waals surface area contributed by atoms with Crippen LogP contribution < -0.4 is 0 Å². The fourth-order valence-electron chi connectivity index (χ4n) is 4.16. The Kier molecular flexibility index (Phi) is 5.55. The molecule has 7 heteroatoms. The molecule has 1 fully saturated rings. The van der Waals surface area contributed by atoms with E-state index in [1.54, 1.807) is 6.92 Å². The smallest absolute Gasteiger partial charge is 0.328 e. The van der Waals surface area contributed by atoms with Gasteiger partial charge in [0.2, 0.25) is 5.91 Å². The van der Waals surface area contributed by atoms with Crippen molar-refractivity contribution in [1.82, 2.24) is 4.90 Å². The van der Waals surface area contributed by atoms with Crippen LogP contribution >= 0.6 is 0 Å². The molecule has 0 saturated carbocycles. The molecule has 1 aliphatic heterocycles. The summed E-state index contributed by atoms with van der Waals surface area (Å²) in [7, 11) is 0. The van der Waals surface area contributed by atoms with Crippen LogP contribution in [0, 0.1) is 5.92 Å². The second-order valence-electron chi connectivity index (χ2n) is 7.68. The highest BCUT2D eigenvalue weighted by molar-refractivity contribution is 5.88. The third-order valence-electron chi connectivity index (χ3n) is 5.72. The Bertz CT molecular complexity index is 942. The molecular weight excluding hydrogens is 386 g/mol. The number of hydrogen-bond donors (Lipinski definition) is 1. The van der Waals surface area contributed by atoms with Gasteiger partial charge in [0, 0.05) is 11.8 Å². The molecule has 2 aliphatic rings. The molecule has 1 heterocycles. The molecule has 4 rings (SSSR count). The fraction of sp³-hybridized carbons (Fsp3) is 0.348. The summed E-state index contributed by atoms with van der Waals surface area (Å²) in [6.45, 7) is 1.67. The van der Waals surface area contributed by atoms with Crippen molar-refractivity contribution < 1.29 is 29.0 Å². The molecule has 0 aromatic heterocycles. The summed E-state index contributed by atoms with van der Waals surface area (Å²) >= 11 is 0. The fourth-order valence-corrected chi connectivity index (χ4v) is 4.16. The Hall–Kier alpha value is -3.19. The van der Waals surface area contributed by atoms with E-state index in [1.807, 2.05) is 36.4 Å². The van der Waals surface area contributed by atoms with Gasteiger partial charge in [-0.15, -0.1) is 0 Å². The highest BCUT2D eigenvalue weighted by atomic mass is 16.5. The maximum absolute atomic E-state index is 12.6. The van der Waals surface area contributed by atoms with Crippen molar-refractivity contribution in [3.8, 4) is 11.1 Å². The van der Waals surface area contributed by atoms with E-state index in [4.69, 9.17) is 9.47 Å². The van der Waals surface area contributed by atoms with Crippen LogP contribution in [0.1, 0.15) is 30.4 Å². The summed E-state index contributed by atoms with van der Waals surface area (Å²) in [4.78, 5) is 37.4. The molecule has 0 spiro atoms. The minimum atomic E-state index is -1.12. The number of benzene rings is 2. The zero-order valence-electron chi connectivity index (χ0n) is 16.6. The summed E-state index contributed by atoms with van der Waals surface area (Å²) in [6.07, 6.45) is -0.113. The third kappa shape index (κ3) is 3.68. The summed E-state index contributed by atoms with van der Waals surface area (Å²) in [5.74, 6) is -2.76. The summed E-state index contributed by atoms with van der Waals surface area (Å²) in [6, 6.07) is 15.1. The van der Waals surface area contributed by atoms with Crippen LogP contribution in [0.3, 0.4) is 0 Å². The van der Waals surface area contributed by atoms with Crippen molar-refractivity contribution in [2.45, 2.75) is 25.3 Å². The van der Waals surface area contributed by atoms with Crippen LogP contribution in [0.5, 0.6) is 0 Å². The summed E-state index contributed by atoms with van der Waals surface area (Å²) < 4.78 is 10.6. The summed E-state index contributed by atoms with van der Waals surface area (Å²) in [5.41, 5.74) is 4.53. The van der Waals surface area contributed by atoms with E-state index in [9.17, 15) is 19.5 Å². The molecule has 0 radical (unpaired) electrons. The lowest BCUT2D eigenvalue weighted by atomic mass is 9.98. The average molecular weight is 409 g/mol. The van der Waals surface area contributed by atoms with Crippen LogP contribution in [0.15, 0.2) is 48.5 Å². The standard InChI is InChI=1S/C23H23NO6/c1-14(22(26)24-13-29-12-20(24)23(27)28)10-21(25)30-11-19-17-8-4-2-6-15(17)16-7-3-5-9-18(16)19/h2-9,14,19-20H,10-13H2,1H3,(H,27,28)/t14-,20+/m1/s1. The van der Waals surface area contributed by atoms with Crippen molar-refractivity contribution in [2.24, 2.45) is 5.92 Å². The van der Waals surface area contributed by atoms with Crippen molar-refractivity contribution in [3.63, 3.8) is 0 Å². The lowest BCUT2D eigenvalue weighted by Gasteiger charge is -2.22. The number of esters is 1. The SMILES string of the molecule is C[C@H](CC(=O)OCC1c2ccccc2-c2ccccc21)C(=O)N1COC[C@H]1C(=O)O. The van der Waals surface area contributed by atoms with Crippen LogP contribution in [-0.2, 0) is 23.9 Å². The van der Waals surface area contributed by atoms with Crippen molar-refractivity contribution in [1.29, 1.82) is 0 Å². The zero-order chi connectivity index (χ0) is 21.3. The molecule has 2 atom stereocenters. The Morgan fingerprint density at radius 2 is 1.70 bits per heavy atom. The van der Waals surface area contributed by atoms with Crippen LogP contribution in [0.2, 0.25) is 0 Å². The highest BCUT2D eigenvalue weighted by Gasteiger charge is 2.37. The molecule has 30 heavy (non-hydrogen) atoms. The van der Waals surface area contributed by atoms with Gasteiger partial charge < -0.3 is 19.5 Å². The Morgan fingerprint density at radius 3 is 2.30 bits per heavy atom. The van der Waals surface area contributed by atoms with Gasteiger partial charge in [-0.1, -0.05) is 55.5 Å². The van der Waals surface area contributed by atoms with E-state index in [0.717, 1.165) is 27.2 Å². The topological polar surface area (TPSA) is 93.1 Å². The van der Waals surface area contributed by atoms with E-state index in [-0.39, 0.29) is 32.3 Å². The number of nitrogens with zero attached hydrogens (tertiary/aromatic N) is 1. The molecule has 1 aliphatic carbocycles. The van der Waals surface area contributed by atoms with Crippen molar-refractivity contribution in [3.05, 3.63) is 59.7 Å².